The van der Waals surface area contributed by atoms with Gasteiger partial charge in [-0.15, -0.1) is 0 Å². The molecule has 2 heterocycles. The molecule has 0 atom stereocenters. The topological polar surface area (TPSA) is 126 Å². The van der Waals surface area contributed by atoms with Gasteiger partial charge in [0, 0.05) is 63.5 Å². The Morgan fingerprint density at radius 3 is 1.41 bits per heavy atom. The molecule has 0 aliphatic carbocycles. The number of ether oxygens (including phenoxy) is 2. The maximum atomic E-state index is 12.1. The molecule has 11 nitrogen and oxygen atoms in total. The van der Waals surface area contributed by atoms with Gasteiger partial charge in [-0.25, -0.2) is 9.59 Å². The monoisotopic (exact) mass is 603 g/mol. The second-order valence-electron chi connectivity index (χ2n) is 12.5. The maximum absolute atomic E-state index is 12.1. The van der Waals surface area contributed by atoms with Crippen LogP contribution in [0.25, 0.3) is 0 Å². The lowest BCUT2D eigenvalue weighted by molar-refractivity contribution is 0.0177. The Kier molecular flexibility index (Phi) is 11.7. The Morgan fingerprint density at radius 2 is 1.02 bits per heavy atom. The molecule has 0 aromatic heterocycles. The third-order valence-corrected chi connectivity index (χ3v) is 6.71. The van der Waals surface area contributed by atoms with Crippen molar-refractivity contribution in [1.29, 1.82) is 10.7 Å². The number of nitriles is 1. The molecule has 2 aliphatic rings. The summed E-state index contributed by atoms with van der Waals surface area (Å²) in [7, 11) is 0. The first kappa shape index (κ1) is 33.9. The lowest BCUT2D eigenvalue weighted by Crippen LogP contribution is -2.51. The number of nitrogens with one attached hydrogen (secondary N) is 1. The molecular formula is C33H45N7O4. The van der Waals surface area contributed by atoms with E-state index in [1.807, 2.05) is 118 Å². The summed E-state index contributed by atoms with van der Waals surface area (Å²) in [6.07, 6.45) is 1.30. The highest BCUT2D eigenvalue weighted by molar-refractivity contribution is 5.99. The number of rotatable bonds is 2. The Morgan fingerprint density at radius 1 is 0.659 bits per heavy atom. The molecule has 236 valence electrons. The van der Waals surface area contributed by atoms with E-state index in [0.717, 1.165) is 11.1 Å². The summed E-state index contributed by atoms with van der Waals surface area (Å²) in [6, 6.07) is 19.3. The van der Waals surface area contributed by atoms with Gasteiger partial charge in [-0.3, -0.25) is 5.41 Å². The highest BCUT2D eigenvalue weighted by Gasteiger charge is 2.28. The summed E-state index contributed by atoms with van der Waals surface area (Å²) >= 11 is 0. The van der Waals surface area contributed by atoms with Gasteiger partial charge in [0.1, 0.15) is 22.9 Å². The number of piperazine rings is 2. The second-order valence-corrected chi connectivity index (χ2v) is 12.5. The molecule has 11 heteroatoms. The van der Waals surface area contributed by atoms with Crippen LogP contribution >= 0.6 is 0 Å². The number of aliphatic imine (C=N–C) groups is 1. The minimum atomic E-state index is -0.494. The van der Waals surface area contributed by atoms with Crippen molar-refractivity contribution in [1.82, 2.24) is 19.6 Å². The Hall–Kier alpha value is -4.59. The predicted molar refractivity (Wildman–Crippen MR) is 171 cm³/mol. The number of hydrogen-bond acceptors (Lipinski definition) is 7. The SMILES string of the molecule is CC(C)(C)OC(=O)N1CCN(C(=N)c2ccccc2)CC1.CC(C)(C)OC(=O)N1CCN(C(=NC#N)c2ccccc2)CC1. The normalized spacial score (nSPS) is 15.9. The predicted octanol–water partition coefficient (Wildman–Crippen LogP) is 5.03. The molecule has 2 aliphatic heterocycles. The number of hydrogen-bond donors (Lipinski definition) is 1. The highest BCUT2D eigenvalue weighted by Crippen LogP contribution is 2.15. The minimum absolute atomic E-state index is 0.270. The van der Waals surface area contributed by atoms with E-state index in [4.69, 9.17) is 20.1 Å². The van der Waals surface area contributed by atoms with Crippen LogP contribution in [0.2, 0.25) is 0 Å². The van der Waals surface area contributed by atoms with Crippen LogP contribution in [-0.4, -0.2) is 107 Å². The molecule has 0 saturated carbocycles. The maximum Gasteiger partial charge on any atom is 0.410 e. The average molecular weight is 604 g/mol. The van der Waals surface area contributed by atoms with Crippen LogP contribution in [0.1, 0.15) is 52.7 Å². The molecular weight excluding hydrogens is 558 g/mol. The van der Waals surface area contributed by atoms with Gasteiger partial charge in [0.2, 0.25) is 6.19 Å². The van der Waals surface area contributed by atoms with Crippen molar-refractivity contribution in [2.75, 3.05) is 52.4 Å². The zero-order chi connectivity index (χ0) is 32.3. The van der Waals surface area contributed by atoms with Crippen LogP contribution in [0, 0.1) is 16.9 Å². The van der Waals surface area contributed by atoms with Crippen molar-refractivity contribution in [3.05, 3.63) is 71.8 Å². The second kappa shape index (κ2) is 15.2. The van der Waals surface area contributed by atoms with E-state index >= 15 is 0 Å². The third-order valence-electron chi connectivity index (χ3n) is 6.71. The van der Waals surface area contributed by atoms with Gasteiger partial charge in [0.05, 0.1) is 0 Å². The molecule has 0 radical (unpaired) electrons. The molecule has 2 aromatic carbocycles. The van der Waals surface area contributed by atoms with Crippen LogP contribution in [-0.2, 0) is 9.47 Å². The molecule has 4 rings (SSSR count). The number of amides is 2. The van der Waals surface area contributed by atoms with Crippen LogP contribution in [0.3, 0.4) is 0 Å². The summed E-state index contributed by atoms with van der Waals surface area (Å²) in [5.41, 5.74) is 0.847. The highest BCUT2D eigenvalue weighted by atomic mass is 16.6. The fourth-order valence-electron chi connectivity index (χ4n) is 4.60. The Bertz CT molecular complexity index is 1310. The molecule has 0 spiro atoms. The van der Waals surface area contributed by atoms with E-state index in [-0.39, 0.29) is 12.2 Å². The average Bonchev–Trinajstić information content (AvgIpc) is 2.99. The third kappa shape index (κ3) is 10.6. The molecule has 0 bridgehead atoms. The standard InChI is InChI=1S/C17H22N4O2.C16H23N3O2/c1-17(2,3)23-16(22)21-11-9-20(10-12-21)15(19-13-18)14-7-5-4-6-8-14;1-16(2,3)21-15(20)19-11-9-18(10-12-19)14(17)13-7-5-4-6-8-13/h4-8H,9-12H2,1-3H3;4-8,17H,9-12H2,1-3H3. The molecule has 1 N–H and O–H groups in total. The summed E-state index contributed by atoms with van der Waals surface area (Å²) < 4.78 is 10.8. The van der Waals surface area contributed by atoms with Crippen molar-refractivity contribution in [2.45, 2.75) is 52.7 Å². The summed E-state index contributed by atoms with van der Waals surface area (Å²) in [4.78, 5) is 35.5. The van der Waals surface area contributed by atoms with Crippen LogP contribution in [0.15, 0.2) is 65.7 Å². The summed E-state index contributed by atoms with van der Waals surface area (Å²) in [6.45, 7) is 16.0. The van der Waals surface area contributed by atoms with E-state index in [0.29, 0.717) is 64.0 Å². The zero-order valence-electron chi connectivity index (χ0n) is 26.7. The Balaban J connectivity index is 0.000000241. The van der Waals surface area contributed by atoms with Crippen molar-refractivity contribution in [2.24, 2.45) is 4.99 Å². The van der Waals surface area contributed by atoms with E-state index < -0.39 is 11.2 Å². The number of carbonyl (C=O) groups excluding carboxylic acids is 2. The molecule has 44 heavy (non-hydrogen) atoms. The smallest absolute Gasteiger partial charge is 0.410 e. The van der Waals surface area contributed by atoms with Crippen LogP contribution in [0.5, 0.6) is 0 Å². The van der Waals surface area contributed by atoms with Gasteiger partial charge in [-0.05, 0) is 41.5 Å². The molecule has 0 unspecified atom stereocenters. The number of nitrogens with zero attached hydrogens (tertiary/aromatic N) is 6. The van der Waals surface area contributed by atoms with Crippen molar-refractivity contribution >= 4 is 23.9 Å². The van der Waals surface area contributed by atoms with E-state index in [2.05, 4.69) is 4.99 Å². The van der Waals surface area contributed by atoms with Gasteiger partial charge >= 0.3 is 12.2 Å². The number of benzene rings is 2. The first-order chi connectivity index (χ1) is 20.8. The fraction of sp³-hybridized carbons (Fsp3) is 0.485. The van der Waals surface area contributed by atoms with Crippen LogP contribution < -0.4 is 0 Å². The summed E-state index contributed by atoms with van der Waals surface area (Å²) in [5.74, 6) is 1.16. The van der Waals surface area contributed by atoms with Crippen LogP contribution in [0.4, 0.5) is 9.59 Å². The molecule has 2 amide bonds. The van der Waals surface area contributed by atoms with Gasteiger partial charge in [-0.2, -0.15) is 10.3 Å². The van der Waals surface area contributed by atoms with E-state index in [1.165, 1.54) is 0 Å². The van der Waals surface area contributed by atoms with Gasteiger partial charge in [0.25, 0.3) is 0 Å². The van der Waals surface area contributed by atoms with Gasteiger partial charge in [-0.1, -0.05) is 60.7 Å². The lowest BCUT2D eigenvalue weighted by atomic mass is 10.1. The van der Waals surface area contributed by atoms with E-state index in [1.54, 1.807) is 9.80 Å². The quantitative estimate of drug-likeness (QED) is 0.290. The molecule has 2 aromatic rings. The van der Waals surface area contributed by atoms with E-state index in [9.17, 15) is 9.59 Å². The van der Waals surface area contributed by atoms with Gasteiger partial charge in [0.15, 0.2) is 0 Å². The molecule has 2 fully saturated rings. The summed E-state index contributed by atoms with van der Waals surface area (Å²) in [5, 5.41) is 17.2. The molecule has 2 saturated heterocycles. The van der Waals surface area contributed by atoms with Gasteiger partial charge < -0.3 is 29.1 Å². The van der Waals surface area contributed by atoms with Crippen molar-refractivity contribution in [3.8, 4) is 6.19 Å². The first-order valence-electron chi connectivity index (χ1n) is 14.9. The number of amidine groups is 2. The fourth-order valence-corrected chi connectivity index (χ4v) is 4.60. The number of carbonyl (C=O) groups is 2. The minimum Gasteiger partial charge on any atom is -0.444 e. The largest absolute Gasteiger partial charge is 0.444 e. The lowest BCUT2D eigenvalue weighted by Gasteiger charge is -2.36. The van der Waals surface area contributed by atoms with Crippen molar-refractivity contribution < 1.29 is 19.1 Å². The van der Waals surface area contributed by atoms with Crippen molar-refractivity contribution in [3.63, 3.8) is 0 Å². The first-order valence-corrected chi connectivity index (χ1v) is 14.9. The Labute approximate surface area is 261 Å². The zero-order valence-corrected chi connectivity index (χ0v) is 26.7.